The van der Waals surface area contributed by atoms with Crippen molar-refractivity contribution in [3.63, 3.8) is 0 Å². The Bertz CT molecular complexity index is 1370. The van der Waals surface area contributed by atoms with Gasteiger partial charge in [-0.2, -0.15) is 13.2 Å². The number of aromatic nitrogens is 2. The number of Topliss-reactive ketones (excluding diaryl/α,β-unsaturated/α-hetero) is 1. The first kappa shape index (κ1) is 23.4. The van der Waals surface area contributed by atoms with Crippen LogP contribution in [0.1, 0.15) is 39.3 Å². The fraction of sp³-hybridized carbons (Fsp3) is 0.231. The van der Waals surface area contributed by atoms with Crippen molar-refractivity contribution in [2.75, 3.05) is 6.61 Å². The van der Waals surface area contributed by atoms with Gasteiger partial charge in [0.1, 0.15) is 0 Å². The first-order valence-electron chi connectivity index (χ1n) is 10.8. The molecule has 0 amide bonds. The number of ketones is 1. The van der Waals surface area contributed by atoms with Crippen molar-refractivity contribution in [1.29, 1.82) is 0 Å². The number of alkyl halides is 3. The summed E-state index contributed by atoms with van der Waals surface area (Å²) in [5.74, 6) is -0.905. The van der Waals surface area contributed by atoms with Gasteiger partial charge in [0.15, 0.2) is 6.61 Å². The fourth-order valence-corrected chi connectivity index (χ4v) is 4.13. The molecular weight excluding hydrogens is 445 g/mol. The molecule has 2 aromatic heterocycles. The Balaban J connectivity index is 1.41. The predicted octanol–water partition coefficient (Wildman–Crippen LogP) is 5.95. The minimum absolute atomic E-state index is 0.123. The van der Waals surface area contributed by atoms with Crippen LogP contribution in [0.2, 0.25) is 0 Å². The van der Waals surface area contributed by atoms with Crippen LogP contribution in [-0.4, -0.2) is 27.9 Å². The summed E-state index contributed by atoms with van der Waals surface area (Å²) in [7, 11) is 0. The quantitative estimate of drug-likeness (QED) is 0.269. The van der Waals surface area contributed by atoms with Crippen LogP contribution in [-0.2, 0) is 22.1 Å². The molecule has 0 atom stereocenters. The molecule has 34 heavy (non-hydrogen) atoms. The molecule has 2 heterocycles. The maximum Gasteiger partial charge on any atom is 0.416 e. The average molecular weight is 468 g/mol. The Morgan fingerprint density at radius 2 is 1.79 bits per heavy atom. The lowest BCUT2D eigenvalue weighted by molar-refractivity contribution is -0.142. The topological polar surface area (TPSA) is 64.1 Å². The summed E-state index contributed by atoms with van der Waals surface area (Å²) in [5, 5.41) is 1.04. The SMILES string of the molecule is Cc1cc(C(=O)COC(=O)CCc2c[nH]c3ccccc23)c(C)n1-c1cccc(C(F)(F)F)c1. The third-order valence-corrected chi connectivity index (χ3v) is 5.80. The molecule has 0 fully saturated rings. The molecule has 0 spiro atoms. The van der Waals surface area contributed by atoms with Gasteiger partial charge < -0.3 is 14.3 Å². The Morgan fingerprint density at radius 3 is 2.56 bits per heavy atom. The van der Waals surface area contributed by atoms with E-state index >= 15 is 0 Å². The number of ether oxygens (including phenoxy) is 1. The maximum absolute atomic E-state index is 13.1. The smallest absolute Gasteiger partial charge is 0.416 e. The highest BCUT2D eigenvalue weighted by molar-refractivity contribution is 5.99. The summed E-state index contributed by atoms with van der Waals surface area (Å²) in [6, 6.07) is 14.3. The summed E-state index contributed by atoms with van der Waals surface area (Å²) in [5.41, 5.74) is 2.90. The predicted molar refractivity (Wildman–Crippen MR) is 122 cm³/mol. The first-order chi connectivity index (χ1) is 16.1. The van der Waals surface area contributed by atoms with E-state index in [0.717, 1.165) is 28.6 Å². The lowest BCUT2D eigenvalue weighted by atomic mass is 10.1. The minimum atomic E-state index is -4.47. The molecule has 5 nitrogen and oxygen atoms in total. The van der Waals surface area contributed by atoms with Crippen LogP contribution in [0.4, 0.5) is 13.2 Å². The van der Waals surface area contributed by atoms with Gasteiger partial charge in [-0.25, -0.2) is 0 Å². The van der Waals surface area contributed by atoms with E-state index in [9.17, 15) is 22.8 Å². The van der Waals surface area contributed by atoms with Crippen LogP contribution in [0.15, 0.2) is 60.8 Å². The van der Waals surface area contributed by atoms with Crippen molar-refractivity contribution >= 4 is 22.7 Å². The molecule has 0 aliphatic carbocycles. The highest BCUT2D eigenvalue weighted by Gasteiger charge is 2.31. The number of esters is 1. The third-order valence-electron chi connectivity index (χ3n) is 5.80. The summed E-state index contributed by atoms with van der Waals surface area (Å²) in [4.78, 5) is 28.1. The van der Waals surface area contributed by atoms with E-state index in [1.165, 1.54) is 6.07 Å². The molecule has 8 heteroatoms. The zero-order valence-electron chi connectivity index (χ0n) is 18.7. The molecule has 2 aromatic carbocycles. The second-order valence-electron chi connectivity index (χ2n) is 8.11. The maximum atomic E-state index is 13.1. The Kier molecular flexibility index (Phi) is 6.32. The van der Waals surface area contributed by atoms with Gasteiger partial charge in [-0.05, 0) is 56.2 Å². The molecule has 0 bridgehead atoms. The summed E-state index contributed by atoms with van der Waals surface area (Å²) in [6.45, 7) is 2.93. The molecule has 0 aliphatic heterocycles. The van der Waals surface area contributed by atoms with Crippen LogP contribution in [0.25, 0.3) is 16.6 Å². The van der Waals surface area contributed by atoms with Gasteiger partial charge >= 0.3 is 12.1 Å². The number of nitrogens with zero attached hydrogens (tertiary/aromatic N) is 1. The summed E-state index contributed by atoms with van der Waals surface area (Å²) in [6.07, 6.45) is -2.02. The van der Waals surface area contributed by atoms with E-state index in [-0.39, 0.29) is 6.42 Å². The number of hydrogen-bond donors (Lipinski definition) is 1. The van der Waals surface area contributed by atoms with Crippen LogP contribution in [0.5, 0.6) is 0 Å². The van der Waals surface area contributed by atoms with Crippen LogP contribution in [0.3, 0.4) is 0 Å². The van der Waals surface area contributed by atoms with E-state index in [2.05, 4.69) is 4.98 Å². The standard InChI is InChI=1S/C26H23F3N2O3/c1-16-12-22(17(2)31(16)20-7-5-6-19(13-20)26(27,28)29)24(32)15-34-25(33)11-10-18-14-30-23-9-4-3-8-21(18)23/h3-9,12-14,30H,10-11,15H2,1-2H3. The molecule has 0 saturated carbocycles. The van der Waals surface area contributed by atoms with Gasteiger partial charge in [0.2, 0.25) is 5.78 Å². The molecule has 0 unspecified atom stereocenters. The number of benzene rings is 2. The van der Waals surface area contributed by atoms with E-state index < -0.39 is 30.1 Å². The number of halogens is 3. The number of carbonyl (C=O) groups is 2. The summed E-state index contributed by atoms with van der Waals surface area (Å²) < 4.78 is 46.1. The number of para-hydroxylation sites is 1. The van der Waals surface area contributed by atoms with Gasteiger partial charge in [-0.3, -0.25) is 9.59 Å². The van der Waals surface area contributed by atoms with Gasteiger partial charge in [-0.15, -0.1) is 0 Å². The van der Waals surface area contributed by atoms with Gasteiger partial charge in [0, 0.05) is 46.2 Å². The second kappa shape index (κ2) is 9.21. The number of rotatable bonds is 7. The fourth-order valence-electron chi connectivity index (χ4n) is 4.13. The second-order valence-corrected chi connectivity index (χ2v) is 8.11. The average Bonchev–Trinajstić information content (AvgIpc) is 3.35. The van der Waals surface area contributed by atoms with E-state index in [4.69, 9.17) is 4.74 Å². The highest BCUT2D eigenvalue weighted by atomic mass is 19.4. The molecular formula is C26H23F3N2O3. The van der Waals surface area contributed by atoms with Crippen LogP contribution < -0.4 is 0 Å². The molecule has 4 aromatic rings. The molecule has 0 aliphatic rings. The lowest BCUT2D eigenvalue weighted by Crippen LogP contribution is -2.15. The molecule has 176 valence electrons. The lowest BCUT2D eigenvalue weighted by Gasteiger charge is -2.13. The summed E-state index contributed by atoms with van der Waals surface area (Å²) >= 11 is 0. The van der Waals surface area contributed by atoms with Crippen LogP contribution >= 0.6 is 0 Å². The normalized spacial score (nSPS) is 11.7. The zero-order chi connectivity index (χ0) is 24.5. The largest absolute Gasteiger partial charge is 0.457 e. The first-order valence-corrected chi connectivity index (χ1v) is 10.8. The number of aryl methyl sites for hydroxylation is 2. The van der Waals surface area contributed by atoms with Gasteiger partial charge in [0.25, 0.3) is 0 Å². The van der Waals surface area contributed by atoms with Crippen molar-refractivity contribution in [2.24, 2.45) is 0 Å². The van der Waals surface area contributed by atoms with Crippen molar-refractivity contribution in [3.8, 4) is 5.69 Å². The van der Waals surface area contributed by atoms with Gasteiger partial charge in [0.05, 0.1) is 5.56 Å². The van der Waals surface area contributed by atoms with Crippen molar-refractivity contribution in [3.05, 3.63) is 88.9 Å². The van der Waals surface area contributed by atoms with Crippen molar-refractivity contribution in [2.45, 2.75) is 32.9 Å². The number of H-pyrrole nitrogens is 1. The van der Waals surface area contributed by atoms with Gasteiger partial charge in [-0.1, -0.05) is 24.3 Å². The van der Waals surface area contributed by atoms with Crippen LogP contribution in [0, 0.1) is 13.8 Å². The molecule has 1 N–H and O–H groups in total. The third kappa shape index (κ3) is 4.76. The van der Waals surface area contributed by atoms with Crippen molar-refractivity contribution < 1.29 is 27.5 Å². The minimum Gasteiger partial charge on any atom is -0.457 e. The Morgan fingerprint density at radius 1 is 1.03 bits per heavy atom. The molecule has 0 saturated heterocycles. The number of hydrogen-bond acceptors (Lipinski definition) is 3. The van der Waals surface area contributed by atoms with E-state index in [0.29, 0.717) is 29.1 Å². The Hall–Kier alpha value is -3.81. The van der Waals surface area contributed by atoms with E-state index in [1.807, 2.05) is 30.5 Å². The Labute approximate surface area is 194 Å². The molecule has 0 radical (unpaired) electrons. The number of fused-ring (bicyclic) bond motifs is 1. The number of nitrogens with one attached hydrogen (secondary N) is 1. The molecule has 4 rings (SSSR count). The zero-order valence-corrected chi connectivity index (χ0v) is 18.7. The van der Waals surface area contributed by atoms with E-state index in [1.54, 1.807) is 30.5 Å². The number of carbonyl (C=O) groups excluding carboxylic acids is 2. The monoisotopic (exact) mass is 468 g/mol. The van der Waals surface area contributed by atoms with Crippen molar-refractivity contribution in [1.82, 2.24) is 9.55 Å². The number of aromatic amines is 1. The highest BCUT2D eigenvalue weighted by Crippen LogP contribution is 2.31.